The van der Waals surface area contributed by atoms with Gasteiger partial charge < -0.3 is 9.72 Å². The van der Waals surface area contributed by atoms with Gasteiger partial charge in [-0.1, -0.05) is 60.7 Å². The molecule has 3 aromatic rings. The first kappa shape index (κ1) is 14.1. The van der Waals surface area contributed by atoms with Crippen molar-refractivity contribution in [1.29, 1.82) is 0 Å². The molecular weight excluding hydrogens is 276 g/mol. The standard InChI is InChI=1S/C18H16N2O2/c21-18(22-13-14-7-3-1-4-8-14)11-17-19-12-16(20-17)15-9-5-2-6-10-15/h1-10,12H,11,13H2,(H,19,20). The number of H-pyrrole nitrogens is 1. The molecular formula is C18H16N2O2. The lowest BCUT2D eigenvalue weighted by molar-refractivity contribution is -0.144. The summed E-state index contributed by atoms with van der Waals surface area (Å²) in [7, 11) is 0. The van der Waals surface area contributed by atoms with Crippen LogP contribution in [0, 0.1) is 0 Å². The van der Waals surface area contributed by atoms with Crippen molar-refractivity contribution in [3.63, 3.8) is 0 Å². The molecule has 0 saturated heterocycles. The van der Waals surface area contributed by atoms with Crippen LogP contribution in [0.15, 0.2) is 66.9 Å². The van der Waals surface area contributed by atoms with E-state index in [0.717, 1.165) is 16.8 Å². The van der Waals surface area contributed by atoms with Crippen molar-refractivity contribution < 1.29 is 9.53 Å². The first-order valence-electron chi connectivity index (χ1n) is 7.10. The minimum absolute atomic E-state index is 0.139. The van der Waals surface area contributed by atoms with Crippen LogP contribution in [0.1, 0.15) is 11.4 Å². The van der Waals surface area contributed by atoms with Crippen LogP contribution in [-0.4, -0.2) is 15.9 Å². The van der Waals surface area contributed by atoms with Crippen molar-refractivity contribution in [1.82, 2.24) is 9.97 Å². The molecule has 0 aliphatic heterocycles. The van der Waals surface area contributed by atoms with Gasteiger partial charge in [-0.3, -0.25) is 4.79 Å². The Hall–Kier alpha value is -2.88. The summed E-state index contributed by atoms with van der Waals surface area (Å²) in [6.45, 7) is 0.284. The highest BCUT2D eigenvalue weighted by Crippen LogP contribution is 2.16. The van der Waals surface area contributed by atoms with E-state index >= 15 is 0 Å². The summed E-state index contributed by atoms with van der Waals surface area (Å²) in [5, 5.41) is 0. The SMILES string of the molecule is O=C(Cc1ncc(-c2ccccc2)[nH]1)OCc1ccccc1. The van der Waals surface area contributed by atoms with E-state index in [1.807, 2.05) is 60.7 Å². The fourth-order valence-electron chi connectivity index (χ4n) is 2.14. The molecule has 0 aliphatic carbocycles. The number of imidazole rings is 1. The number of ether oxygens (including phenoxy) is 1. The Morgan fingerprint density at radius 3 is 2.41 bits per heavy atom. The maximum absolute atomic E-state index is 11.8. The highest BCUT2D eigenvalue weighted by molar-refractivity contribution is 5.72. The van der Waals surface area contributed by atoms with Crippen molar-refractivity contribution >= 4 is 5.97 Å². The van der Waals surface area contributed by atoms with Crippen LogP contribution in [0.25, 0.3) is 11.3 Å². The zero-order chi connectivity index (χ0) is 15.2. The van der Waals surface area contributed by atoms with Crippen LogP contribution < -0.4 is 0 Å². The minimum atomic E-state index is -0.294. The van der Waals surface area contributed by atoms with Gasteiger partial charge in [0.05, 0.1) is 11.9 Å². The van der Waals surface area contributed by atoms with E-state index in [-0.39, 0.29) is 19.0 Å². The third kappa shape index (κ3) is 3.61. The summed E-state index contributed by atoms with van der Waals surface area (Å²) < 4.78 is 5.25. The zero-order valence-electron chi connectivity index (χ0n) is 12.0. The van der Waals surface area contributed by atoms with Crippen molar-refractivity contribution in [2.75, 3.05) is 0 Å². The molecule has 2 aromatic carbocycles. The smallest absolute Gasteiger partial charge is 0.313 e. The van der Waals surface area contributed by atoms with Crippen LogP contribution in [0.2, 0.25) is 0 Å². The van der Waals surface area contributed by atoms with E-state index in [1.54, 1.807) is 6.20 Å². The molecule has 0 aliphatic rings. The second-order valence-corrected chi connectivity index (χ2v) is 4.93. The lowest BCUT2D eigenvalue weighted by Gasteiger charge is -2.03. The van der Waals surface area contributed by atoms with Gasteiger partial charge in [0.1, 0.15) is 18.9 Å². The van der Waals surface area contributed by atoms with Crippen molar-refractivity contribution in [2.45, 2.75) is 13.0 Å². The summed E-state index contributed by atoms with van der Waals surface area (Å²) in [6.07, 6.45) is 1.87. The number of hydrogen-bond donors (Lipinski definition) is 1. The number of rotatable bonds is 5. The molecule has 0 unspecified atom stereocenters. The van der Waals surface area contributed by atoms with Gasteiger partial charge in [-0.2, -0.15) is 0 Å². The molecule has 3 rings (SSSR count). The Balaban J connectivity index is 1.57. The molecule has 0 fully saturated rings. The highest BCUT2D eigenvalue weighted by atomic mass is 16.5. The fraction of sp³-hybridized carbons (Fsp3) is 0.111. The van der Waals surface area contributed by atoms with E-state index < -0.39 is 0 Å². The van der Waals surface area contributed by atoms with E-state index in [0.29, 0.717) is 5.82 Å². The Labute approximate surface area is 128 Å². The number of nitrogens with zero attached hydrogens (tertiary/aromatic N) is 1. The average molecular weight is 292 g/mol. The van der Waals surface area contributed by atoms with Gasteiger partial charge in [-0.15, -0.1) is 0 Å². The van der Waals surface area contributed by atoms with Crippen molar-refractivity contribution in [3.8, 4) is 11.3 Å². The van der Waals surface area contributed by atoms with Gasteiger partial charge in [0.15, 0.2) is 0 Å². The maximum Gasteiger partial charge on any atom is 0.313 e. The third-order valence-corrected chi connectivity index (χ3v) is 3.27. The predicted molar refractivity (Wildman–Crippen MR) is 84.0 cm³/mol. The summed E-state index contributed by atoms with van der Waals surface area (Å²) in [6, 6.07) is 19.5. The average Bonchev–Trinajstić information content (AvgIpc) is 3.03. The quantitative estimate of drug-likeness (QED) is 0.734. The third-order valence-electron chi connectivity index (χ3n) is 3.27. The van der Waals surface area contributed by atoms with E-state index in [1.165, 1.54) is 0 Å². The Morgan fingerprint density at radius 2 is 1.68 bits per heavy atom. The van der Waals surface area contributed by atoms with Crippen LogP contribution in [0.4, 0.5) is 0 Å². The number of carbonyl (C=O) groups is 1. The molecule has 4 heteroatoms. The van der Waals surface area contributed by atoms with Crippen LogP contribution in [0.3, 0.4) is 0 Å². The predicted octanol–water partition coefficient (Wildman–Crippen LogP) is 3.36. The first-order chi connectivity index (χ1) is 10.8. The maximum atomic E-state index is 11.8. The molecule has 4 nitrogen and oxygen atoms in total. The van der Waals surface area contributed by atoms with Gasteiger partial charge in [0.25, 0.3) is 0 Å². The van der Waals surface area contributed by atoms with E-state index in [4.69, 9.17) is 4.74 Å². The van der Waals surface area contributed by atoms with Crippen LogP contribution in [-0.2, 0) is 22.6 Å². The number of nitrogens with one attached hydrogen (secondary N) is 1. The number of esters is 1. The van der Waals surface area contributed by atoms with E-state index in [2.05, 4.69) is 9.97 Å². The van der Waals surface area contributed by atoms with Crippen molar-refractivity contribution in [3.05, 3.63) is 78.2 Å². The molecule has 110 valence electrons. The lowest BCUT2D eigenvalue weighted by atomic mass is 10.2. The van der Waals surface area contributed by atoms with Gasteiger partial charge in [0, 0.05) is 0 Å². The van der Waals surface area contributed by atoms with Gasteiger partial charge in [-0.05, 0) is 11.1 Å². The van der Waals surface area contributed by atoms with Crippen LogP contribution in [0.5, 0.6) is 0 Å². The summed E-state index contributed by atoms with van der Waals surface area (Å²) in [5.74, 6) is 0.315. The monoisotopic (exact) mass is 292 g/mol. The number of hydrogen-bond acceptors (Lipinski definition) is 3. The number of aromatic amines is 1. The molecule has 1 N–H and O–H groups in total. The Morgan fingerprint density at radius 1 is 1.00 bits per heavy atom. The molecule has 0 radical (unpaired) electrons. The van der Waals surface area contributed by atoms with Crippen LogP contribution >= 0.6 is 0 Å². The highest BCUT2D eigenvalue weighted by Gasteiger charge is 2.09. The molecule has 0 saturated carbocycles. The summed E-state index contributed by atoms with van der Waals surface area (Å²) >= 11 is 0. The normalized spacial score (nSPS) is 10.4. The van der Waals surface area contributed by atoms with Crippen molar-refractivity contribution in [2.24, 2.45) is 0 Å². The Kier molecular flexibility index (Phi) is 4.30. The topological polar surface area (TPSA) is 55.0 Å². The first-order valence-corrected chi connectivity index (χ1v) is 7.10. The number of carbonyl (C=O) groups excluding carboxylic acids is 1. The summed E-state index contributed by atoms with van der Waals surface area (Å²) in [4.78, 5) is 19.2. The number of benzene rings is 2. The molecule has 0 bridgehead atoms. The fourth-order valence-corrected chi connectivity index (χ4v) is 2.14. The lowest BCUT2D eigenvalue weighted by Crippen LogP contribution is -2.09. The molecule has 22 heavy (non-hydrogen) atoms. The molecule has 0 amide bonds. The van der Waals surface area contributed by atoms with Gasteiger partial charge in [0.2, 0.25) is 0 Å². The van der Waals surface area contributed by atoms with Gasteiger partial charge in [-0.25, -0.2) is 4.98 Å². The Bertz CT molecular complexity index is 736. The molecule has 1 heterocycles. The second kappa shape index (κ2) is 6.72. The van der Waals surface area contributed by atoms with Gasteiger partial charge >= 0.3 is 5.97 Å². The van der Waals surface area contributed by atoms with E-state index in [9.17, 15) is 4.79 Å². The molecule has 0 spiro atoms. The molecule has 0 atom stereocenters. The number of aromatic nitrogens is 2. The second-order valence-electron chi connectivity index (χ2n) is 4.93. The zero-order valence-corrected chi connectivity index (χ0v) is 12.0. The largest absolute Gasteiger partial charge is 0.460 e. The molecule has 1 aromatic heterocycles. The summed E-state index contributed by atoms with van der Waals surface area (Å²) in [5.41, 5.74) is 2.91. The minimum Gasteiger partial charge on any atom is -0.460 e.